The Morgan fingerprint density at radius 3 is 2.56 bits per heavy atom. The molecule has 0 aliphatic heterocycles. The smallest absolute Gasteiger partial charge is 0.122 e. The molecule has 3 nitrogen and oxygen atoms in total. The van der Waals surface area contributed by atoms with Crippen LogP contribution in [0, 0.1) is 6.92 Å². The molecule has 1 aromatic carbocycles. The molecule has 1 rings (SSSR count). The number of nitrogens with two attached hydrogens (primary N) is 1. The second kappa shape index (κ2) is 7.34. The molecule has 4 heteroatoms. The van der Waals surface area contributed by atoms with E-state index in [0.29, 0.717) is 11.6 Å². The van der Waals surface area contributed by atoms with Crippen molar-refractivity contribution in [1.29, 1.82) is 0 Å². The van der Waals surface area contributed by atoms with Gasteiger partial charge in [0.15, 0.2) is 0 Å². The maximum Gasteiger partial charge on any atom is 0.122 e. The van der Waals surface area contributed by atoms with Gasteiger partial charge < -0.3 is 15.4 Å². The second-order valence-electron chi connectivity index (χ2n) is 4.22. The molecule has 0 unspecified atom stereocenters. The monoisotopic (exact) mass is 266 g/mol. The Labute approximate surface area is 115 Å². The van der Waals surface area contributed by atoms with Gasteiger partial charge in [-0.15, -0.1) is 0 Å². The fourth-order valence-corrected chi connectivity index (χ4v) is 1.86. The lowest BCUT2D eigenvalue weighted by Gasteiger charge is -2.18. The van der Waals surface area contributed by atoms with E-state index in [1.54, 1.807) is 0 Å². The summed E-state index contributed by atoms with van der Waals surface area (Å²) in [6, 6.07) is 5.83. The molecule has 0 saturated carbocycles. The van der Waals surface area contributed by atoms with E-state index in [2.05, 4.69) is 18.7 Å². The Morgan fingerprint density at radius 2 is 2.00 bits per heavy atom. The summed E-state index contributed by atoms with van der Waals surface area (Å²) in [4.78, 5) is 2.73. The highest BCUT2D eigenvalue weighted by Crippen LogP contribution is 2.19. The van der Waals surface area contributed by atoms with Gasteiger partial charge in [-0.3, -0.25) is 0 Å². The molecule has 0 saturated heterocycles. The molecule has 0 aromatic heterocycles. The van der Waals surface area contributed by atoms with Crippen LogP contribution in [0.15, 0.2) is 18.2 Å². The van der Waals surface area contributed by atoms with Gasteiger partial charge >= 0.3 is 0 Å². The van der Waals surface area contributed by atoms with Crippen molar-refractivity contribution in [3.05, 3.63) is 29.3 Å². The third-order valence-electron chi connectivity index (χ3n) is 3.03. The zero-order valence-corrected chi connectivity index (χ0v) is 12.2. The van der Waals surface area contributed by atoms with Crippen molar-refractivity contribution >= 4 is 17.2 Å². The Kier molecular flexibility index (Phi) is 6.09. The van der Waals surface area contributed by atoms with Crippen LogP contribution in [0.3, 0.4) is 0 Å². The molecule has 0 aliphatic carbocycles. The first kappa shape index (κ1) is 14.9. The highest BCUT2D eigenvalue weighted by Gasteiger charge is 2.05. The summed E-state index contributed by atoms with van der Waals surface area (Å²) < 4.78 is 5.80. The van der Waals surface area contributed by atoms with Crippen molar-refractivity contribution in [3.63, 3.8) is 0 Å². The SMILES string of the molecule is CCN(CC)CCOc1cc(C(N)=S)ccc1C. The van der Waals surface area contributed by atoms with Crippen molar-refractivity contribution in [2.24, 2.45) is 5.73 Å². The standard InChI is InChI=1S/C14H22N2OS/c1-4-16(5-2)8-9-17-13-10-12(14(15)18)7-6-11(13)3/h6-7,10H,4-5,8-9H2,1-3H3,(H2,15,18). The highest BCUT2D eigenvalue weighted by atomic mass is 32.1. The third kappa shape index (κ3) is 4.27. The summed E-state index contributed by atoms with van der Waals surface area (Å²) in [6.45, 7) is 10.0. The van der Waals surface area contributed by atoms with Crippen LogP contribution in [0.1, 0.15) is 25.0 Å². The van der Waals surface area contributed by atoms with Gasteiger partial charge in [0.05, 0.1) is 0 Å². The number of thiocarbonyl (C=S) groups is 1. The normalized spacial score (nSPS) is 10.7. The first-order chi connectivity index (χ1) is 8.58. The van der Waals surface area contributed by atoms with Crippen molar-refractivity contribution in [3.8, 4) is 5.75 Å². The molecular formula is C14H22N2OS. The average molecular weight is 266 g/mol. The summed E-state index contributed by atoms with van der Waals surface area (Å²) in [5.74, 6) is 0.868. The molecule has 0 aliphatic rings. The predicted octanol–water partition coefficient (Wildman–Crippen LogP) is 2.35. The lowest BCUT2D eigenvalue weighted by atomic mass is 10.1. The predicted molar refractivity (Wildman–Crippen MR) is 80.3 cm³/mol. The molecule has 1 aromatic rings. The number of likely N-dealkylation sites (N-methyl/N-ethyl adjacent to an activating group) is 1. The third-order valence-corrected chi connectivity index (χ3v) is 3.27. The summed E-state index contributed by atoms with van der Waals surface area (Å²) in [6.07, 6.45) is 0. The van der Waals surface area contributed by atoms with Crippen molar-refractivity contribution in [1.82, 2.24) is 4.90 Å². The fourth-order valence-electron chi connectivity index (χ4n) is 1.73. The quantitative estimate of drug-likeness (QED) is 0.769. The second-order valence-corrected chi connectivity index (χ2v) is 4.66. The van der Waals surface area contributed by atoms with Crippen molar-refractivity contribution in [2.45, 2.75) is 20.8 Å². The minimum atomic E-state index is 0.406. The number of benzene rings is 1. The Hall–Kier alpha value is -1.13. The van der Waals surface area contributed by atoms with Gasteiger partial charge in [-0.25, -0.2) is 0 Å². The molecule has 0 atom stereocenters. The molecule has 100 valence electrons. The number of hydrogen-bond donors (Lipinski definition) is 1. The van der Waals surface area contributed by atoms with Gasteiger partial charge in [0.1, 0.15) is 17.3 Å². The van der Waals surface area contributed by atoms with Crippen LogP contribution in [-0.2, 0) is 0 Å². The summed E-state index contributed by atoms with van der Waals surface area (Å²) in [5.41, 5.74) is 7.58. The van der Waals surface area contributed by atoms with Gasteiger partial charge in [0, 0.05) is 12.1 Å². The number of nitrogens with zero attached hydrogens (tertiary/aromatic N) is 1. The molecule has 0 bridgehead atoms. The Balaban J connectivity index is 2.61. The van der Waals surface area contributed by atoms with Crippen LogP contribution >= 0.6 is 12.2 Å². The van der Waals surface area contributed by atoms with Gasteiger partial charge in [-0.2, -0.15) is 0 Å². The van der Waals surface area contributed by atoms with E-state index in [9.17, 15) is 0 Å². The van der Waals surface area contributed by atoms with Gasteiger partial charge in [-0.05, 0) is 31.6 Å². The first-order valence-electron chi connectivity index (χ1n) is 6.34. The number of ether oxygens (including phenoxy) is 1. The number of aryl methyl sites for hydroxylation is 1. The summed E-state index contributed by atoms with van der Waals surface area (Å²) >= 11 is 4.97. The molecule has 0 fully saturated rings. The molecule has 0 amide bonds. The van der Waals surface area contributed by atoms with E-state index in [4.69, 9.17) is 22.7 Å². The molecular weight excluding hydrogens is 244 g/mol. The van der Waals surface area contributed by atoms with Crippen molar-refractivity contribution in [2.75, 3.05) is 26.2 Å². The van der Waals surface area contributed by atoms with Crippen LogP contribution in [0.4, 0.5) is 0 Å². The van der Waals surface area contributed by atoms with E-state index >= 15 is 0 Å². The van der Waals surface area contributed by atoms with Crippen LogP contribution in [0.5, 0.6) is 5.75 Å². The largest absolute Gasteiger partial charge is 0.492 e. The van der Waals surface area contributed by atoms with Crippen LogP contribution in [0.2, 0.25) is 0 Å². The average Bonchev–Trinajstić information content (AvgIpc) is 2.36. The maximum absolute atomic E-state index is 5.80. The van der Waals surface area contributed by atoms with E-state index < -0.39 is 0 Å². The summed E-state index contributed by atoms with van der Waals surface area (Å²) in [7, 11) is 0. The van der Waals surface area contributed by atoms with Gasteiger partial charge in [0.2, 0.25) is 0 Å². The highest BCUT2D eigenvalue weighted by molar-refractivity contribution is 7.80. The minimum Gasteiger partial charge on any atom is -0.492 e. The number of hydrogen-bond acceptors (Lipinski definition) is 3. The molecule has 0 spiro atoms. The molecule has 0 radical (unpaired) electrons. The zero-order chi connectivity index (χ0) is 13.5. The molecule has 18 heavy (non-hydrogen) atoms. The number of rotatable bonds is 7. The van der Waals surface area contributed by atoms with Crippen LogP contribution in [-0.4, -0.2) is 36.1 Å². The fraction of sp³-hybridized carbons (Fsp3) is 0.500. The van der Waals surface area contributed by atoms with E-state index in [-0.39, 0.29) is 0 Å². The van der Waals surface area contributed by atoms with E-state index in [0.717, 1.165) is 36.5 Å². The Morgan fingerprint density at radius 1 is 1.33 bits per heavy atom. The Bertz CT molecular complexity index is 403. The van der Waals surface area contributed by atoms with E-state index in [1.807, 2.05) is 25.1 Å². The summed E-state index contributed by atoms with van der Waals surface area (Å²) in [5, 5.41) is 0. The van der Waals surface area contributed by atoms with Crippen molar-refractivity contribution < 1.29 is 4.74 Å². The first-order valence-corrected chi connectivity index (χ1v) is 6.74. The lowest BCUT2D eigenvalue weighted by molar-refractivity contribution is 0.222. The van der Waals surface area contributed by atoms with Gasteiger partial charge in [0.25, 0.3) is 0 Å². The van der Waals surface area contributed by atoms with Crippen LogP contribution < -0.4 is 10.5 Å². The molecule has 2 N–H and O–H groups in total. The minimum absolute atomic E-state index is 0.406. The van der Waals surface area contributed by atoms with Gasteiger partial charge in [-0.1, -0.05) is 38.2 Å². The maximum atomic E-state index is 5.80. The molecule has 0 heterocycles. The van der Waals surface area contributed by atoms with Crippen LogP contribution in [0.25, 0.3) is 0 Å². The topological polar surface area (TPSA) is 38.5 Å². The lowest BCUT2D eigenvalue weighted by Crippen LogP contribution is -2.28. The zero-order valence-electron chi connectivity index (χ0n) is 11.4. The van der Waals surface area contributed by atoms with E-state index in [1.165, 1.54) is 0 Å².